The van der Waals surface area contributed by atoms with Crippen LogP contribution < -0.4 is 4.72 Å². The summed E-state index contributed by atoms with van der Waals surface area (Å²) in [4.78, 5) is 0.0428. The van der Waals surface area contributed by atoms with Crippen molar-refractivity contribution in [2.75, 3.05) is 4.72 Å². The number of rotatable bonds is 4. The van der Waals surface area contributed by atoms with Crippen LogP contribution in [0.25, 0.3) is 11.1 Å². The number of sulfonamides is 1. The smallest absolute Gasteiger partial charge is 0.261 e. The topological polar surface area (TPSA) is 72.2 Å². The van der Waals surface area contributed by atoms with Gasteiger partial charge in [0.25, 0.3) is 10.0 Å². The number of anilines is 1. The molecule has 1 aromatic heterocycles. The predicted molar refractivity (Wildman–Crippen MR) is 88.6 cm³/mol. The summed E-state index contributed by atoms with van der Waals surface area (Å²) >= 11 is 0. The zero-order valence-corrected chi connectivity index (χ0v) is 13.9. The van der Waals surface area contributed by atoms with Crippen LogP contribution in [0.5, 0.6) is 0 Å². The predicted octanol–water partition coefficient (Wildman–Crippen LogP) is 3.90. The Labute approximate surface area is 139 Å². The van der Waals surface area contributed by atoms with Gasteiger partial charge in [0.2, 0.25) is 0 Å². The molecular weight excluding hydrogens is 331 g/mol. The highest BCUT2D eigenvalue weighted by molar-refractivity contribution is 7.92. The van der Waals surface area contributed by atoms with Crippen LogP contribution in [0.15, 0.2) is 57.9 Å². The van der Waals surface area contributed by atoms with Crippen molar-refractivity contribution in [2.24, 2.45) is 0 Å². The Balaban J connectivity index is 1.91. The molecule has 0 aliphatic rings. The van der Waals surface area contributed by atoms with Gasteiger partial charge < -0.3 is 4.52 Å². The number of halogens is 1. The Morgan fingerprint density at radius 3 is 2.29 bits per heavy atom. The first kappa shape index (κ1) is 16.2. The second-order valence-corrected chi connectivity index (χ2v) is 6.99. The van der Waals surface area contributed by atoms with Gasteiger partial charge in [-0.2, -0.15) is 0 Å². The van der Waals surface area contributed by atoms with Crippen molar-refractivity contribution < 1.29 is 17.3 Å². The number of para-hydroxylation sites is 1. The average Bonchev–Trinajstić information content (AvgIpc) is 2.88. The van der Waals surface area contributed by atoms with Crippen LogP contribution in [0.3, 0.4) is 0 Å². The second-order valence-electron chi connectivity index (χ2n) is 5.31. The fraction of sp³-hybridized carbons (Fsp3) is 0.118. The molecule has 0 spiro atoms. The SMILES string of the molecule is Cc1noc(C)c1-c1ccc(S(=O)(=O)Nc2ccccc2F)cc1. The van der Waals surface area contributed by atoms with Gasteiger partial charge in [-0.15, -0.1) is 0 Å². The van der Waals surface area contributed by atoms with Crippen LogP contribution in [0.1, 0.15) is 11.5 Å². The lowest BCUT2D eigenvalue weighted by molar-refractivity contribution is 0.393. The summed E-state index contributed by atoms with van der Waals surface area (Å²) in [5, 5.41) is 3.88. The molecule has 0 atom stereocenters. The number of hydrogen-bond donors (Lipinski definition) is 1. The molecule has 7 heteroatoms. The summed E-state index contributed by atoms with van der Waals surface area (Å²) < 4.78 is 45.7. The maximum absolute atomic E-state index is 13.6. The highest BCUT2D eigenvalue weighted by atomic mass is 32.2. The molecule has 2 aromatic carbocycles. The fourth-order valence-electron chi connectivity index (χ4n) is 2.44. The Kier molecular flexibility index (Phi) is 4.11. The van der Waals surface area contributed by atoms with Crippen molar-refractivity contribution in [3.63, 3.8) is 0 Å². The van der Waals surface area contributed by atoms with Gasteiger partial charge in [-0.05, 0) is 43.7 Å². The minimum absolute atomic E-state index is 0.0428. The normalized spacial score (nSPS) is 11.5. The number of hydrogen-bond acceptors (Lipinski definition) is 4. The molecule has 3 rings (SSSR count). The van der Waals surface area contributed by atoms with E-state index in [2.05, 4.69) is 9.88 Å². The molecule has 0 fully saturated rings. The fourth-order valence-corrected chi connectivity index (χ4v) is 3.51. The number of aryl methyl sites for hydroxylation is 2. The minimum atomic E-state index is -3.87. The van der Waals surface area contributed by atoms with Crippen molar-refractivity contribution in [2.45, 2.75) is 18.7 Å². The molecule has 0 aliphatic heterocycles. The molecule has 0 unspecified atom stereocenters. The van der Waals surface area contributed by atoms with Crippen molar-refractivity contribution >= 4 is 15.7 Å². The lowest BCUT2D eigenvalue weighted by Crippen LogP contribution is -2.13. The number of benzene rings is 2. The summed E-state index contributed by atoms with van der Waals surface area (Å²) in [5.74, 6) is 0.0287. The first-order chi connectivity index (χ1) is 11.4. The van der Waals surface area contributed by atoms with Crippen LogP contribution in [-0.4, -0.2) is 13.6 Å². The maximum Gasteiger partial charge on any atom is 0.261 e. The van der Waals surface area contributed by atoms with Gasteiger partial charge in [0.1, 0.15) is 11.6 Å². The molecule has 24 heavy (non-hydrogen) atoms. The van der Waals surface area contributed by atoms with Crippen molar-refractivity contribution in [1.29, 1.82) is 0 Å². The Hall–Kier alpha value is -2.67. The Morgan fingerprint density at radius 1 is 1.04 bits per heavy atom. The van der Waals surface area contributed by atoms with Crippen LogP contribution in [0.2, 0.25) is 0 Å². The summed E-state index contributed by atoms with van der Waals surface area (Å²) in [7, 11) is -3.87. The second kappa shape index (κ2) is 6.09. The highest BCUT2D eigenvalue weighted by Gasteiger charge is 2.17. The largest absolute Gasteiger partial charge is 0.361 e. The Bertz CT molecular complexity index is 960. The van der Waals surface area contributed by atoms with Gasteiger partial charge in [0.05, 0.1) is 16.3 Å². The van der Waals surface area contributed by atoms with E-state index in [1.54, 1.807) is 25.1 Å². The summed E-state index contributed by atoms with van der Waals surface area (Å²) in [6, 6.07) is 11.9. The van der Waals surface area contributed by atoms with Gasteiger partial charge in [-0.3, -0.25) is 4.72 Å². The van der Waals surface area contributed by atoms with Gasteiger partial charge >= 0.3 is 0 Å². The van der Waals surface area contributed by atoms with Crippen LogP contribution in [-0.2, 0) is 10.0 Å². The van der Waals surface area contributed by atoms with Gasteiger partial charge in [-0.25, -0.2) is 12.8 Å². The van der Waals surface area contributed by atoms with Crippen LogP contribution >= 0.6 is 0 Å². The molecule has 0 saturated carbocycles. The maximum atomic E-state index is 13.6. The van der Waals surface area contributed by atoms with E-state index >= 15 is 0 Å². The van der Waals surface area contributed by atoms with E-state index in [0.717, 1.165) is 16.8 Å². The van der Waals surface area contributed by atoms with Gasteiger partial charge in [0, 0.05) is 5.56 Å². The van der Waals surface area contributed by atoms with Crippen molar-refractivity contribution in [1.82, 2.24) is 5.16 Å². The molecule has 0 saturated heterocycles. The lowest BCUT2D eigenvalue weighted by atomic mass is 10.0. The molecule has 1 heterocycles. The first-order valence-electron chi connectivity index (χ1n) is 7.19. The molecule has 0 bridgehead atoms. The van der Waals surface area contributed by atoms with Crippen LogP contribution in [0, 0.1) is 19.7 Å². The summed E-state index contributed by atoms with van der Waals surface area (Å²) in [6.45, 7) is 3.61. The van der Waals surface area contributed by atoms with Gasteiger partial charge in [0.15, 0.2) is 0 Å². The van der Waals surface area contributed by atoms with E-state index in [-0.39, 0.29) is 10.6 Å². The van der Waals surface area contributed by atoms with Gasteiger partial charge in [-0.1, -0.05) is 29.4 Å². The zero-order valence-electron chi connectivity index (χ0n) is 13.1. The molecule has 0 amide bonds. The molecule has 1 N–H and O–H groups in total. The van der Waals surface area contributed by atoms with Crippen molar-refractivity contribution in [3.8, 4) is 11.1 Å². The van der Waals surface area contributed by atoms with Crippen LogP contribution in [0.4, 0.5) is 10.1 Å². The number of nitrogens with zero attached hydrogens (tertiary/aromatic N) is 1. The standard InChI is InChI=1S/C17H15FN2O3S/c1-11-17(12(2)23-19-11)13-7-9-14(10-8-13)24(21,22)20-16-6-4-3-5-15(16)18/h3-10,20H,1-2H3. The number of nitrogens with one attached hydrogen (secondary N) is 1. The first-order valence-corrected chi connectivity index (χ1v) is 8.67. The lowest BCUT2D eigenvalue weighted by Gasteiger charge is -2.09. The highest BCUT2D eigenvalue weighted by Crippen LogP contribution is 2.28. The van der Waals surface area contributed by atoms with E-state index in [0.29, 0.717) is 5.76 Å². The number of aromatic nitrogens is 1. The average molecular weight is 346 g/mol. The summed E-state index contributed by atoms with van der Waals surface area (Å²) in [5.41, 5.74) is 2.27. The van der Waals surface area contributed by atoms with E-state index in [9.17, 15) is 12.8 Å². The molecule has 5 nitrogen and oxygen atoms in total. The quantitative estimate of drug-likeness (QED) is 0.778. The van der Waals surface area contributed by atoms with Crippen molar-refractivity contribution in [3.05, 3.63) is 65.8 Å². The summed E-state index contributed by atoms with van der Waals surface area (Å²) in [6.07, 6.45) is 0. The minimum Gasteiger partial charge on any atom is -0.361 e. The van der Waals surface area contributed by atoms with E-state index < -0.39 is 15.8 Å². The van der Waals surface area contributed by atoms with E-state index in [4.69, 9.17) is 4.52 Å². The third kappa shape index (κ3) is 3.03. The molecule has 0 aliphatic carbocycles. The third-order valence-electron chi connectivity index (χ3n) is 3.60. The van der Waals surface area contributed by atoms with E-state index in [1.165, 1.54) is 30.3 Å². The monoisotopic (exact) mass is 346 g/mol. The zero-order chi connectivity index (χ0) is 17.3. The molecule has 3 aromatic rings. The molecular formula is C17H15FN2O3S. The Morgan fingerprint density at radius 2 is 1.71 bits per heavy atom. The van der Waals surface area contributed by atoms with E-state index in [1.807, 2.05) is 6.92 Å². The molecule has 0 radical (unpaired) electrons. The molecule has 124 valence electrons. The third-order valence-corrected chi connectivity index (χ3v) is 4.99.